The molecule has 98 valence electrons. The van der Waals surface area contributed by atoms with Crippen LogP contribution in [0.4, 0.5) is 5.82 Å². The molecule has 2 aromatic rings. The fourth-order valence-corrected chi connectivity index (χ4v) is 1.80. The van der Waals surface area contributed by atoms with E-state index in [-0.39, 0.29) is 11.7 Å². The predicted molar refractivity (Wildman–Crippen MR) is 72.5 cm³/mol. The van der Waals surface area contributed by atoms with E-state index in [0.717, 1.165) is 5.56 Å². The van der Waals surface area contributed by atoms with E-state index in [9.17, 15) is 4.79 Å². The molecule has 5 nitrogen and oxygen atoms in total. The van der Waals surface area contributed by atoms with Gasteiger partial charge < -0.3 is 10.4 Å². The number of aromatic nitrogens is 2. The summed E-state index contributed by atoms with van der Waals surface area (Å²) in [6.07, 6.45) is 0. The molecule has 1 atom stereocenters. The molecule has 2 N–H and O–H groups in total. The van der Waals surface area contributed by atoms with Crippen LogP contribution >= 0.6 is 11.6 Å². The van der Waals surface area contributed by atoms with Gasteiger partial charge in [-0.15, -0.1) is 10.2 Å². The van der Waals surface area contributed by atoms with E-state index in [1.165, 1.54) is 6.07 Å². The lowest BCUT2D eigenvalue weighted by molar-refractivity contribution is 0.0689. The van der Waals surface area contributed by atoms with Crippen LogP contribution in [0.1, 0.15) is 29.0 Å². The van der Waals surface area contributed by atoms with Gasteiger partial charge in [-0.3, -0.25) is 0 Å². The van der Waals surface area contributed by atoms with Gasteiger partial charge in [0.25, 0.3) is 0 Å². The smallest absolute Gasteiger partial charge is 0.356 e. The molecule has 0 radical (unpaired) electrons. The van der Waals surface area contributed by atoms with E-state index < -0.39 is 5.97 Å². The van der Waals surface area contributed by atoms with Crippen molar-refractivity contribution in [2.24, 2.45) is 0 Å². The Kier molecular flexibility index (Phi) is 3.97. The largest absolute Gasteiger partial charge is 0.476 e. The molecule has 0 saturated heterocycles. The van der Waals surface area contributed by atoms with Crippen LogP contribution in [-0.2, 0) is 0 Å². The number of anilines is 1. The minimum atomic E-state index is -1.10. The summed E-state index contributed by atoms with van der Waals surface area (Å²) >= 11 is 5.93. The third-order valence-electron chi connectivity index (χ3n) is 2.60. The number of nitrogens with one attached hydrogen (secondary N) is 1. The Hall–Kier alpha value is -2.14. The Labute approximate surface area is 115 Å². The zero-order chi connectivity index (χ0) is 13.8. The van der Waals surface area contributed by atoms with Gasteiger partial charge in [-0.25, -0.2) is 4.79 Å². The first-order chi connectivity index (χ1) is 9.06. The quantitative estimate of drug-likeness (QED) is 0.898. The highest BCUT2D eigenvalue weighted by Gasteiger charge is 2.09. The lowest BCUT2D eigenvalue weighted by atomic mass is 10.1. The van der Waals surface area contributed by atoms with Crippen molar-refractivity contribution in [3.05, 3.63) is 52.7 Å². The molecular weight excluding hydrogens is 266 g/mol. The molecule has 1 aromatic carbocycles. The van der Waals surface area contributed by atoms with Gasteiger partial charge in [0.2, 0.25) is 0 Å². The van der Waals surface area contributed by atoms with Crippen molar-refractivity contribution in [2.75, 3.05) is 5.32 Å². The molecule has 0 bridgehead atoms. The van der Waals surface area contributed by atoms with E-state index in [1.807, 2.05) is 25.1 Å². The van der Waals surface area contributed by atoms with E-state index in [2.05, 4.69) is 15.5 Å². The average Bonchev–Trinajstić information content (AvgIpc) is 2.39. The summed E-state index contributed by atoms with van der Waals surface area (Å²) in [5.74, 6) is -0.584. The normalized spacial score (nSPS) is 11.9. The highest BCUT2D eigenvalue weighted by molar-refractivity contribution is 6.30. The van der Waals surface area contributed by atoms with Crippen LogP contribution in [-0.4, -0.2) is 21.3 Å². The summed E-state index contributed by atoms with van der Waals surface area (Å²) in [6.45, 7) is 1.96. The molecule has 6 heteroatoms. The van der Waals surface area contributed by atoms with Crippen molar-refractivity contribution in [3.8, 4) is 0 Å². The number of aromatic carboxylic acids is 1. The third kappa shape index (κ3) is 3.42. The Morgan fingerprint density at radius 1 is 1.32 bits per heavy atom. The zero-order valence-corrected chi connectivity index (χ0v) is 10.9. The van der Waals surface area contributed by atoms with Gasteiger partial charge in [-0.05, 0) is 36.8 Å². The molecule has 0 amide bonds. The molecule has 2 rings (SSSR count). The van der Waals surface area contributed by atoms with E-state index in [0.29, 0.717) is 10.8 Å². The van der Waals surface area contributed by atoms with Crippen molar-refractivity contribution >= 4 is 23.4 Å². The van der Waals surface area contributed by atoms with Gasteiger partial charge in [0, 0.05) is 5.02 Å². The summed E-state index contributed by atoms with van der Waals surface area (Å²) < 4.78 is 0. The Morgan fingerprint density at radius 2 is 2.11 bits per heavy atom. The second-order valence-corrected chi connectivity index (χ2v) is 4.47. The first-order valence-corrected chi connectivity index (χ1v) is 6.03. The number of nitrogens with zero attached hydrogens (tertiary/aromatic N) is 2. The fraction of sp³-hybridized carbons (Fsp3) is 0.154. The maximum atomic E-state index is 10.7. The van der Waals surface area contributed by atoms with E-state index >= 15 is 0 Å². The zero-order valence-electron chi connectivity index (χ0n) is 10.2. The van der Waals surface area contributed by atoms with Crippen molar-refractivity contribution in [3.63, 3.8) is 0 Å². The number of hydrogen-bond acceptors (Lipinski definition) is 4. The van der Waals surface area contributed by atoms with Gasteiger partial charge >= 0.3 is 5.97 Å². The highest BCUT2D eigenvalue weighted by atomic mass is 35.5. The Bertz CT molecular complexity index is 587. The standard InChI is InChI=1S/C13H12ClN3O2/c1-8(9-3-2-4-10(14)7-9)15-12-6-5-11(13(18)19)16-17-12/h2-8H,1H3,(H,15,17)(H,18,19). The van der Waals surface area contributed by atoms with Gasteiger partial charge in [-0.2, -0.15) is 0 Å². The molecule has 1 heterocycles. The Balaban J connectivity index is 2.10. The molecule has 1 unspecified atom stereocenters. The second kappa shape index (κ2) is 5.67. The van der Waals surface area contributed by atoms with Crippen LogP contribution in [0, 0.1) is 0 Å². The number of rotatable bonds is 4. The number of hydrogen-bond donors (Lipinski definition) is 2. The Morgan fingerprint density at radius 3 is 2.68 bits per heavy atom. The van der Waals surface area contributed by atoms with Gasteiger partial charge in [0.1, 0.15) is 5.82 Å². The fourth-order valence-electron chi connectivity index (χ4n) is 1.60. The first kappa shape index (κ1) is 13.3. The number of carboxylic acid groups (broad SMARTS) is 1. The van der Waals surface area contributed by atoms with Crippen molar-refractivity contribution in [1.82, 2.24) is 10.2 Å². The van der Waals surface area contributed by atoms with Crippen LogP contribution in [0.5, 0.6) is 0 Å². The molecule has 0 spiro atoms. The summed E-state index contributed by atoms with van der Waals surface area (Å²) in [7, 11) is 0. The van der Waals surface area contributed by atoms with Gasteiger partial charge in [-0.1, -0.05) is 23.7 Å². The van der Waals surface area contributed by atoms with Crippen LogP contribution in [0.3, 0.4) is 0 Å². The summed E-state index contributed by atoms with van der Waals surface area (Å²) in [6, 6.07) is 10.5. The van der Waals surface area contributed by atoms with Crippen LogP contribution in [0.2, 0.25) is 5.02 Å². The maximum Gasteiger partial charge on any atom is 0.356 e. The predicted octanol–water partition coefficient (Wildman–Crippen LogP) is 3.00. The topological polar surface area (TPSA) is 75.1 Å². The number of benzene rings is 1. The molecule has 0 aliphatic heterocycles. The highest BCUT2D eigenvalue weighted by Crippen LogP contribution is 2.20. The van der Waals surface area contributed by atoms with Gasteiger partial charge in [0.05, 0.1) is 6.04 Å². The molecule has 0 fully saturated rings. The van der Waals surface area contributed by atoms with E-state index in [4.69, 9.17) is 16.7 Å². The summed E-state index contributed by atoms with van der Waals surface area (Å²) in [4.78, 5) is 10.7. The van der Waals surface area contributed by atoms with Crippen molar-refractivity contribution in [1.29, 1.82) is 0 Å². The molecule has 19 heavy (non-hydrogen) atoms. The van der Waals surface area contributed by atoms with Gasteiger partial charge in [0.15, 0.2) is 5.69 Å². The minimum absolute atomic E-state index is 0.0105. The van der Waals surface area contributed by atoms with E-state index in [1.54, 1.807) is 12.1 Å². The number of carboxylic acids is 1. The molecular formula is C13H12ClN3O2. The maximum absolute atomic E-state index is 10.7. The third-order valence-corrected chi connectivity index (χ3v) is 2.83. The monoisotopic (exact) mass is 277 g/mol. The lowest BCUT2D eigenvalue weighted by Gasteiger charge is -2.14. The number of carbonyl (C=O) groups is 1. The summed E-state index contributed by atoms with van der Waals surface area (Å²) in [5, 5.41) is 19.9. The van der Waals surface area contributed by atoms with Crippen LogP contribution < -0.4 is 5.32 Å². The SMILES string of the molecule is CC(Nc1ccc(C(=O)O)nn1)c1cccc(Cl)c1. The molecule has 1 aromatic heterocycles. The molecule has 0 saturated carbocycles. The lowest BCUT2D eigenvalue weighted by Crippen LogP contribution is -2.10. The number of halogens is 1. The molecule has 0 aliphatic rings. The molecule has 0 aliphatic carbocycles. The minimum Gasteiger partial charge on any atom is -0.476 e. The van der Waals surface area contributed by atoms with Crippen molar-refractivity contribution < 1.29 is 9.90 Å². The first-order valence-electron chi connectivity index (χ1n) is 5.65. The van der Waals surface area contributed by atoms with Crippen LogP contribution in [0.25, 0.3) is 0 Å². The van der Waals surface area contributed by atoms with Crippen molar-refractivity contribution in [2.45, 2.75) is 13.0 Å². The second-order valence-electron chi connectivity index (χ2n) is 4.03. The summed E-state index contributed by atoms with van der Waals surface area (Å²) in [5.41, 5.74) is 0.928. The average molecular weight is 278 g/mol. The van der Waals surface area contributed by atoms with Crippen LogP contribution in [0.15, 0.2) is 36.4 Å².